The van der Waals surface area contributed by atoms with E-state index >= 15 is 0 Å². The molecule has 1 N–H and O–H groups in total. The minimum atomic E-state index is -0.0311. The third-order valence-corrected chi connectivity index (χ3v) is 6.22. The molecular formula is C24H26N4O2S. The molecule has 1 aliphatic rings. The van der Waals surface area contributed by atoms with Gasteiger partial charge in [-0.15, -0.1) is 11.3 Å². The minimum Gasteiger partial charge on any atom is -0.325 e. The number of Topliss-reactive ketones (excluding diaryl/α,β-unsaturated/α-hetero) is 1. The van der Waals surface area contributed by atoms with Gasteiger partial charge >= 0.3 is 0 Å². The summed E-state index contributed by atoms with van der Waals surface area (Å²) in [7, 11) is 0. The summed E-state index contributed by atoms with van der Waals surface area (Å²) in [5.41, 5.74) is 3.54. The molecule has 2 aromatic carbocycles. The molecule has 4 rings (SSSR count). The molecule has 2 heterocycles. The van der Waals surface area contributed by atoms with E-state index in [9.17, 15) is 9.59 Å². The van der Waals surface area contributed by atoms with Crippen molar-refractivity contribution in [2.24, 2.45) is 0 Å². The summed E-state index contributed by atoms with van der Waals surface area (Å²) in [4.78, 5) is 33.1. The molecular weight excluding hydrogens is 408 g/mol. The number of amides is 1. The SMILES string of the molecule is CC(=O)c1ccc(NC(=O)CN2CCN(Cc3nc(-c4ccccc4)cs3)CC2)cc1. The Balaban J connectivity index is 1.22. The zero-order valence-corrected chi connectivity index (χ0v) is 18.4. The number of anilines is 1. The van der Waals surface area contributed by atoms with Gasteiger partial charge in [0, 0.05) is 48.4 Å². The highest BCUT2D eigenvalue weighted by Crippen LogP contribution is 2.22. The Morgan fingerprint density at radius 3 is 2.32 bits per heavy atom. The van der Waals surface area contributed by atoms with Crippen molar-refractivity contribution in [3.05, 3.63) is 70.5 Å². The molecule has 31 heavy (non-hydrogen) atoms. The lowest BCUT2D eigenvalue weighted by Crippen LogP contribution is -2.48. The molecule has 0 atom stereocenters. The van der Waals surface area contributed by atoms with Crippen LogP contribution in [0.2, 0.25) is 0 Å². The zero-order chi connectivity index (χ0) is 21.6. The lowest BCUT2D eigenvalue weighted by molar-refractivity contribution is -0.117. The number of hydrogen-bond donors (Lipinski definition) is 1. The van der Waals surface area contributed by atoms with Crippen molar-refractivity contribution in [3.8, 4) is 11.3 Å². The number of thiazole rings is 1. The topological polar surface area (TPSA) is 65.5 Å². The molecule has 1 fully saturated rings. The Bertz CT molecular complexity index is 1030. The highest BCUT2D eigenvalue weighted by molar-refractivity contribution is 7.09. The van der Waals surface area contributed by atoms with Crippen LogP contribution in [0.25, 0.3) is 11.3 Å². The van der Waals surface area contributed by atoms with E-state index < -0.39 is 0 Å². The van der Waals surface area contributed by atoms with Gasteiger partial charge in [-0.25, -0.2) is 4.98 Å². The van der Waals surface area contributed by atoms with Gasteiger partial charge in [-0.05, 0) is 31.2 Å². The number of rotatable bonds is 7. The van der Waals surface area contributed by atoms with Crippen LogP contribution in [-0.4, -0.2) is 59.2 Å². The summed E-state index contributed by atoms with van der Waals surface area (Å²) in [6.07, 6.45) is 0. The predicted octanol–water partition coefficient (Wildman–Crippen LogP) is 3.77. The molecule has 1 aromatic heterocycles. The van der Waals surface area contributed by atoms with Crippen molar-refractivity contribution in [2.75, 3.05) is 38.0 Å². The molecule has 3 aromatic rings. The standard InChI is InChI=1S/C24H26N4O2S/c1-18(29)19-7-9-21(10-8-19)25-23(30)15-27-11-13-28(14-12-27)16-24-26-22(17-31-24)20-5-3-2-4-6-20/h2-10,17H,11-16H2,1H3,(H,25,30). The number of aromatic nitrogens is 1. The Hall–Kier alpha value is -2.87. The lowest BCUT2D eigenvalue weighted by Gasteiger charge is -2.33. The van der Waals surface area contributed by atoms with E-state index in [2.05, 4.69) is 32.6 Å². The van der Waals surface area contributed by atoms with Gasteiger partial charge in [-0.3, -0.25) is 19.4 Å². The number of piperazine rings is 1. The maximum Gasteiger partial charge on any atom is 0.238 e. The van der Waals surface area contributed by atoms with E-state index in [1.54, 1.807) is 35.6 Å². The first-order valence-corrected chi connectivity index (χ1v) is 11.3. The average molecular weight is 435 g/mol. The largest absolute Gasteiger partial charge is 0.325 e. The van der Waals surface area contributed by atoms with E-state index in [1.165, 1.54) is 6.92 Å². The minimum absolute atomic E-state index is 0.0183. The Labute approximate surface area is 186 Å². The highest BCUT2D eigenvalue weighted by Gasteiger charge is 2.20. The van der Waals surface area contributed by atoms with Gasteiger partial charge in [0.2, 0.25) is 5.91 Å². The third kappa shape index (κ3) is 5.85. The van der Waals surface area contributed by atoms with Crippen LogP contribution in [0.5, 0.6) is 0 Å². The number of carbonyl (C=O) groups is 2. The number of hydrogen-bond acceptors (Lipinski definition) is 6. The van der Waals surface area contributed by atoms with Gasteiger partial charge in [-0.2, -0.15) is 0 Å². The molecule has 1 saturated heterocycles. The first-order valence-electron chi connectivity index (χ1n) is 10.4. The van der Waals surface area contributed by atoms with E-state index in [1.807, 2.05) is 18.2 Å². The van der Waals surface area contributed by atoms with E-state index in [-0.39, 0.29) is 11.7 Å². The molecule has 0 saturated carbocycles. The van der Waals surface area contributed by atoms with Crippen LogP contribution in [0.1, 0.15) is 22.3 Å². The van der Waals surface area contributed by atoms with Gasteiger partial charge in [0.05, 0.1) is 18.8 Å². The quantitative estimate of drug-likeness (QED) is 0.574. The van der Waals surface area contributed by atoms with Crippen molar-refractivity contribution in [3.63, 3.8) is 0 Å². The Morgan fingerprint density at radius 1 is 0.968 bits per heavy atom. The molecule has 6 nitrogen and oxygen atoms in total. The van der Waals surface area contributed by atoms with E-state index in [4.69, 9.17) is 4.98 Å². The van der Waals surface area contributed by atoms with Crippen LogP contribution >= 0.6 is 11.3 Å². The van der Waals surface area contributed by atoms with Crippen molar-refractivity contribution in [2.45, 2.75) is 13.5 Å². The first-order chi connectivity index (χ1) is 15.1. The van der Waals surface area contributed by atoms with Gasteiger partial charge in [-0.1, -0.05) is 30.3 Å². The summed E-state index contributed by atoms with van der Waals surface area (Å²) in [5.74, 6) is -0.0127. The maximum absolute atomic E-state index is 12.4. The van der Waals surface area contributed by atoms with Gasteiger partial charge in [0.15, 0.2) is 5.78 Å². The van der Waals surface area contributed by atoms with Crippen molar-refractivity contribution >= 4 is 28.7 Å². The smallest absolute Gasteiger partial charge is 0.238 e. The fraction of sp³-hybridized carbons (Fsp3) is 0.292. The van der Waals surface area contributed by atoms with Crippen LogP contribution in [0.4, 0.5) is 5.69 Å². The normalized spacial score (nSPS) is 15.0. The van der Waals surface area contributed by atoms with Crippen molar-refractivity contribution < 1.29 is 9.59 Å². The third-order valence-electron chi connectivity index (χ3n) is 5.39. The summed E-state index contributed by atoms with van der Waals surface area (Å²) >= 11 is 1.70. The van der Waals surface area contributed by atoms with Crippen molar-refractivity contribution in [1.29, 1.82) is 0 Å². The van der Waals surface area contributed by atoms with Gasteiger partial charge in [0.1, 0.15) is 5.01 Å². The molecule has 0 aliphatic carbocycles. The molecule has 0 spiro atoms. The van der Waals surface area contributed by atoms with E-state index in [0.29, 0.717) is 17.8 Å². The van der Waals surface area contributed by atoms with Gasteiger partial charge in [0.25, 0.3) is 0 Å². The fourth-order valence-corrected chi connectivity index (χ4v) is 4.46. The van der Waals surface area contributed by atoms with Crippen LogP contribution in [0.3, 0.4) is 0 Å². The molecule has 0 unspecified atom stereocenters. The second-order valence-corrected chi connectivity index (χ2v) is 8.67. The molecule has 1 amide bonds. The number of carbonyl (C=O) groups excluding carboxylic acids is 2. The number of nitrogens with zero attached hydrogens (tertiary/aromatic N) is 3. The van der Waals surface area contributed by atoms with Crippen molar-refractivity contribution in [1.82, 2.24) is 14.8 Å². The first kappa shape index (κ1) is 21.4. The predicted molar refractivity (Wildman–Crippen MR) is 124 cm³/mol. The molecule has 0 bridgehead atoms. The maximum atomic E-state index is 12.4. The van der Waals surface area contributed by atoms with Crippen LogP contribution in [0, 0.1) is 0 Å². The molecule has 160 valence electrons. The molecule has 7 heteroatoms. The summed E-state index contributed by atoms with van der Waals surface area (Å²) in [6.45, 7) is 6.30. The number of benzene rings is 2. The van der Waals surface area contributed by atoms with Crippen LogP contribution < -0.4 is 5.32 Å². The van der Waals surface area contributed by atoms with Crippen LogP contribution in [-0.2, 0) is 11.3 Å². The Kier molecular flexibility index (Phi) is 6.86. The summed E-state index contributed by atoms with van der Waals surface area (Å²) in [6, 6.07) is 17.3. The monoisotopic (exact) mass is 434 g/mol. The van der Waals surface area contributed by atoms with Gasteiger partial charge < -0.3 is 5.32 Å². The summed E-state index contributed by atoms with van der Waals surface area (Å²) in [5, 5.41) is 6.15. The number of nitrogens with one attached hydrogen (secondary N) is 1. The Morgan fingerprint density at radius 2 is 1.65 bits per heavy atom. The molecule has 1 aliphatic heterocycles. The summed E-state index contributed by atoms with van der Waals surface area (Å²) < 4.78 is 0. The lowest BCUT2D eigenvalue weighted by atomic mass is 10.1. The second-order valence-electron chi connectivity index (χ2n) is 7.73. The van der Waals surface area contributed by atoms with Crippen LogP contribution in [0.15, 0.2) is 60.0 Å². The highest BCUT2D eigenvalue weighted by atomic mass is 32.1. The number of ketones is 1. The van der Waals surface area contributed by atoms with E-state index in [0.717, 1.165) is 49.0 Å². The zero-order valence-electron chi connectivity index (χ0n) is 17.6. The second kappa shape index (κ2) is 9.96. The fourth-order valence-electron chi connectivity index (χ4n) is 3.61. The molecule has 0 radical (unpaired) electrons. The average Bonchev–Trinajstić information content (AvgIpc) is 3.24.